The van der Waals surface area contributed by atoms with Crippen molar-refractivity contribution in [2.24, 2.45) is 0 Å². The molecule has 29 heavy (non-hydrogen) atoms. The minimum atomic E-state index is -4.50. The number of alkyl halides is 3. The van der Waals surface area contributed by atoms with Crippen LogP contribution in [0.5, 0.6) is 5.75 Å². The summed E-state index contributed by atoms with van der Waals surface area (Å²) in [5, 5.41) is 21.0. The van der Waals surface area contributed by atoms with Crippen LogP contribution < -0.4 is 10.9 Å². The van der Waals surface area contributed by atoms with Crippen molar-refractivity contribution < 1.29 is 33.0 Å². The minimum absolute atomic E-state index is 0.0944. The van der Waals surface area contributed by atoms with Crippen LogP contribution in [0.3, 0.4) is 0 Å². The van der Waals surface area contributed by atoms with Crippen LogP contribution >= 0.6 is 0 Å². The van der Waals surface area contributed by atoms with Crippen LogP contribution in [0.1, 0.15) is 21.5 Å². The molecule has 0 atom stereocenters. The first kappa shape index (κ1) is 20.0. The van der Waals surface area contributed by atoms with Crippen molar-refractivity contribution in [2.45, 2.75) is 12.7 Å². The Morgan fingerprint density at radius 1 is 1.10 bits per heavy atom. The van der Waals surface area contributed by atoms with E-state index in [4.69, 9.17) is 5.11 Å². The lowest BCUT2D eigenvalue weighted by molar-refractivity contribution is -0.138. The molecule has 0 saturated heterocycles. The number of carboxylic acids is 1. The van der Waals surface area contributed by atoms with Gasteiger partial charge in [0.25, 0.3) is 11.5 Å². The average molecular weight is 409 g/mol. The van der Waals surface area contributed by atoms with Gasteiger partial charge in [-0.15, -0.1) is 0 Å². The Morgan fingerprint density at radius 3 is 2.34 bits per heavy atom. The highest BCUT2D eigenvalue weighted by Gasteiger charge is 2.30. The molecule has 0 fully saturated rings. The molecular formula is C18H14F3N3O5. The number of rotatable bonds is 5. The van der Waals surface area contributed by atoms with Gasteiger partial charge in [0.1, 0.15) is 17.6 Å². The number of benzene rings is 1. The van der Waals surface area contributed by atoms with E-state index in [1.54, 1.807) is 0 Å². The predicted octanol–water partition coefficient (Wildman–Crippen LogP) is 1.69. The Hall–Kier alpha value is -3.76. The topological polar surface area (TPSA) is 113 Å². The van der Waals surface area contributed by atoms with Crippen molar-refractivity contribution in [2.75, 3.05) is 6.54 Å². The molecule has 0 radical (unpaired) electrons. The van der Waals surface area contributed by atoms with E-state index in [2.05, 4.69) is 0 Å². The maximum absolute atomic E-state index is 12.8. The summed E-state index contributed by atoms with van der Waals surface area (Å²) in [5.74, 6) is -3.06. The normalized spacial score (nSPS) is 11.6. The number of halogens is 3. The van der Waals surface area contributed by atoms with Gasteiger partial charge in [0, 0.05) is 6.20 Å². The average Bonchev–Trinajstić information content (AvgIpc) is 3.13. The second kappa shape index (κ2) is 7.34. The number of hydrogen-bond acceptors (Lipinski definition) is 4. The number of nitrogens with zero attached hydrogens (tertiary/aromatic N) is 2. The first-order valence-corrected chi connectivity index (χ1v) is 8.19. The Bertz CT molecular complexity index is 1150. The number of aromatic nitrogens is 2. The van der Waals surface area contributed by atoms with Crippen molar-refractivity contribution >= 4 is 17.4 Å². The van der Waals surface area contributed by atoms with Crippen molar-refractivity contribution in [3.8, 4) is 5.75 Å². The summed E-state index contributed by atoms with van der Waals surface area (Å²) in [6.07, 6.45) is -3.07. The van der Waals surface area contributed by atoms with Gasteiger partial charge in [-0.2, -0.15) is 13.2 Å². The molecule has 152 valence electrons. The molecular weight excluding hydrogens is 395 g/mol. The van der Waals surface area contributed by atoms with E-state index in [-0.39, 0.29) is 12.1 Å². The molecule has 0 aliphatic carbocycles. The van der Waals surface area contributed by atoms with Gasteiger partial charge >= 0.3 is 12.1 Å². The number of hydrogen-bond donors (Lipinski definition) is 3. The Kier molecular flexibility index (Phi) is 5.06. The molecule has 2 aromatic heterocycles. The highest BCUT2D eigenvalue weighted by molar-refractivity contribution is 5.99. The third-order valence-electron chi connectivity index (χ3n) is 4.16. The van der Waals surface area contributed by atoms with E-state index in [9.17, 15) is 32.7 Å². The van der Waals surface area contributed by atoms with Gasteiger partial charge in [0.15, 0.2) is 5.75 Å². The number of aliphatic carboxylic acids is 1. The van der Waals surface area contributed by atoms with Gasteiger partial charge in [-0.05, 0) is 29.8 Å². The number of carboxylic acid groups (broad SMARTS) is 1. The molecule has 11 heteroatoms. The number of carbonyl (C=O) groups excluding carboxylic acids is 1. The highest BCUT2D eigenvalue weighted by Crippen LogP contribution is 2.29. The fraction of sp³-hybridized carbons (Fsp3) is 0.167. The third-order valence-corrected chi connectivity index (χ3v) is 4.16. The van der Waals surface area contributed by atoms with Crippen LogP contribution in [0.25, 0.3) is 5.52 Å². The molecule has 0 aliphatic heterocycles. The second-order valence-electron chi connectivity index (χ2n) is 6.10. The summed E-state index contributed by atoms with van der Waals surface area (Å²) in [6, 6.07) is 7.05. The summed E-state index contributed by atoms with van der Waals surface area (Å²) in [6.45, 7) is -0.954. The number of aromatic hydroxyl groups is 1. The Morgan fingerprint density at radius 2 is 1.76 bits per heavy atom. The molecule has 3 rings (SSSR count). The molecule has 1 aromatic carbocycles. The molecule has 8 nitrogen and oxygen atoms in total. The zero-order valence-corrected chi connectivity index (χ0v) is 14.6. The van der Waals surface area contributed by atoms with Crippen LogP contribution in [0.2, 0.25) is 0 Å². The van der Waals surface area contributed by atoms with E-state index < -0.39 is 47.0 Å². The molecule has 1 amide bonds. The van der Waals surface area contributed by atoms with Gasteiger partial charge in [-0.3, -0.25) is 18.9 Å². The Labute approximate surface area is 160 Å². The summed E-state index contributed by atoms with van der Waals surface area (Å²) in [4.78, 5) is 35.7. The molecule has 3 aromatic rings. The van der Waals surface area contributed by atoms with E-state index >= 15 is 0 Å². The van der Waals surface area contributed by atoms with Gasteiger partial charge < -0.3 is 15.5 Å². The van der Waals surface area contributed by atoms with Crippen LogP contribution in [0.15, 0.2) is 47.4 Å². The molecule has 0 spiro atoms. The van der Waals surface area contributed by atoms with Crippen LogP contribution in [-0.2, 0) is 17.5 Å². The minimum Gasteiger partial charge on any atom is -0.505 e. The maximum atomic E-state index is 12.8. The second-order valence-corrected chi connectivity index (χ2v) is 6.10. The SMILES string of the molecule is O=C(O)CNC(=O)c1c(O)c2cccn2n(Cc2ccc(C(F)(F)F)cc2)c1=O. The fourth-order valence-corrected chi connectivity index (χ4v) is 2.80. The highest BCUT2D eigenvalue weighted by atomic mass is 19.4. The summed E-state index contributed by atoms with van der Waals surface area (Å²) < 4.78 is 40.5. The monoisotopic (exact) mass is 409 g/mol. The lowest BCUT2D eigenvalue weighted by Gasteiger charge is -2.15. The number of carbonyl (C=O) groups is 2. The zero-order chi connectivity index (χ0) is 21.3. The third kappa shape index (κ3) is 3.93. The van der Waals surface area contributed by atoms with Crippen LogP contribution in [-0.4, -0.2) is 37.8 Å². The molecule has 0 saturated carbocycles. The first-order valence-electron chi connectivity index (χ1n) is 8.19. The molecule has 0 aliphatic rings. The molecule has 3 N–H and O–H groups in total. The van der Waals surface area contributed by atoms with Crippen molar-refractivity contribution in [1.82, 2.24) is 14.5 Å². The van der Waals surface area contributed by atoms with Crippen LogP contribution in [0, 0.1) is 0 Å². The van der Waals surface area contributed by atoms with Crippen molar-refractivity contribution in [3.05, 3.63) is 69.6 Å². The van der Waals surface area contributed by atoms with Crippen molar-refractivity contribution in [3.63, 3.8) is 0 Å². The summed E-state index contributed by atoms with van der Waals surface area (Å²) in [7, 11) is 0. The van der Waals surface area contributed by atoms with Crippen molar-refractivity contribution in [1.29, 1.82) is 0 Å². The molecule has 0 bridgehead atoms. The largest absolute Gasteiger partial charge is 0.505 e. The standard InChI is InChI=1S/C18H14F3N3O5/c19-18(20,21)11-5-3-10(4-6-11)9-24-17(29)14(16(28)22-8-13(25)26)15(27)12-2-1-7-23(12)24/h1-7,27H,8-9H2,(H,22,28)(H,25,26). The lowest BCUT2D eigenvalue weighted by atomic mass is 10.1. The zero-order valence-electron chi connectivity index (χ0n) is 14.6. The quantitative estimate of drug-likeness (QED) is 0.594. The lowest BCUT2D eigenvalue weighted by Crippen LogP contribution is -2.37. The fourth-order valence-electron chi connectivity index (χ4n) is 2.80. The molecule has 2 heterocycles. The van der Waals surface area contributed by atoms with E-state index in [1.807, 2.05) is 5.32 Å². The maximum Gasteiger partial charge on any atom is 0.416 e. The summed E-state index contributed by atoms with van der Waals surface area (Å²) in [5.41, 5.74) is -2.01. The van der Waals surface area contributed by atoms with Crippen LogP contribution in [0.4, 0.5) is 13.2 Å². The number of fused-ring (bicyclic) bond motifs is 1. The van der Waals surface area contributed by atoms with Gasteiger partial charge in [0.2, 0.25) is 0 Å². The van der Waals surface area contributed by atoms with E-state index in [0.717, 1.165) is 16.8 Å². The van der Waals surface area contributed by atoms with Gasteiger partial charge in [0.05, 0.1) is 12.1 Å². The molecule has 0 unspecified atom stereocenters. The van der Waals surface area contributed by atoms with Gasteiger partial charge in [-0.25, -0.2) is 4.68 Å². The van der Waals surface area contributed by atoms with E-state index in [1.165, 1.54) is 35.0 Å². The van der Waals surface area contributed by atoms with E-state index in [0.29, 0.717) is 5.56 Å². The first-order chi connectivity index (χ1) is 13.6. The smallest absolute Gasteiger partial charge is 0.416 e. The predicted molar refractivity (Wildman–Crippen MR) is 93.8 cm³/mol. The van der Waals surface area contributed by atoms with Gasteiger partial charge in [-0.1, -0.05) is 12.1 Å². The number of amides is 1. The Balaban J connectivity index is 2.06. The summed E-state index contributed by atoms with van der Waals surface area (Å²) >= 11 is 0. The number of nitrogens with one attached hydrogen (secondary N) is 1.